The Hall–Kier alpha value is -8.48. The highest BCUT2D eigenvalue weighted by atomic mass is 16.5. The Labute approximate surface area is 403 Å². The summed E-state index contributed by atoms with van der Waals surface area (Å²) in [4.78, 5) is 105. The van der Waals surface area contributed by atoms with Crippen LogP contribution in [0.25, 0.3) is 11.1 Å². The minimum atomic E-state index is -1.07. The normalized spacial score (nSPS) is 16.1. The zero-order valence-corrected chi connectivity index (χ0v) is 39.1. The van der Waals surface area contributed by atoms with E-state index in [9.17, 15) is 38.4 Å². The summed E-state index contributed by atoms with van der Waals surface area (Å²) in [5.74, 6) is -1.21. The van der Waals surface area contributed by atoms with E-state index >= 15 is 0 Å². The van der Waals surface area contributed by atoms with Crippen LogP contribution in [0.4, 0.5) is 28.6 Å². The fourth-order valence-electron chi connectivity index (χ4n) is 8.21. The summed E-state index contributed by atoms with van der Waals surface area (Å²) in [5, 5.41) is 14.1. The van der Waals surface area contributed by atoms with Gasteiger partial charge in [-0.25, -0.2) is 4.98 Å². The summed E-state index contributed by atoms with van der Waals surface area (Å²) >= 11 is 0. The number of hydrogen-bond acceptors (Lipinski definition) is 15. The number of anilines is 5. The van der Waals surface area contributed by atoms with Crippen LogP contribution in [-0.2, 0) is 29.6 Å². The highest BCUT2D eigenvalue weighted by Gasteiger charge is 2.46. The molecule has 19 heteroatoms. The van der Waals surface area contributed by atoms with Gasteiger partial charge in [-0.3, -0.25) is 48.8 Å². The molecule has 0 aliphatic carbocycles. The van der Waals surface area contributed by atoms with Crippen LogP contribution in [0, 0.1) is 0 Å². The van der Waals surface area contributed by atoms with Crippen molar-refractivity contribution in [2.45, 2.75) is 64.0 Å². The summed E-state index contributed by atoms with van der Waals surface area (Å²) in [6.45, 7) is 4.80. The molecule has 9 rings (SSSR count). The Morgan fingerprint density at radius 2 is 1.64 bits per heavy atom. The highest BCUT2D eigenvalue weighted by molar-refractivity contribution is 6.24. The lowest BCUT2D eigenvalue weighted by Crippen LogP contribution is -2.54. The van der Waals surface area contributed by atoms with Gasteiger partial charge in [-0.05, 0) is 93.8 Å². The minimum Gasteiger partial charge on any atom is -0.483 e. The summed E-state index contributed by atoms with van der Waals surface area (Å²) in [6.07, 6.45) is 9.43. The molecule has 1 unspecified atom stereocenters. The molecule has 2 aromatic heterocycles. The van der Waals surface area contributed by atoms with Gasteiger partial charge in [-0.2, -0.15) is 0 Å². The average molecular weight is 952 g/mol. The number of carbonyl (C=O) groups is 8. The Morgan fingerprint density at radius 1 is 0.871 bits per heavy atom. The van der Waals surface area contributed by atoms with Crippen LogP contribution < -0.4 is 41.0 Å². The molecule has 19 nitrogen and oxygen atoms in total. The molecule has 5 aromatic rings. The van der Waals surface area contributed by atoms with Crippen LogP contribution in [0.3, 0.4) is 0 Å². The second-order valence-corrected chi connectivity index (χ2v) is 17.0. The number of pyridine rings is 2. The van der Waals surface area contributed by atoms with Crippen LogP contribution in [-0.4, -0.2) is 103 Å². The van der Waals surface area contributed by atoms with E-state index in [4.69, 9.17) is 9.47 Å². The predicted molar refractivity (Wildman–Crippen MR) is 260 cm³/mol. The first-order chi connectivity index (χ1) is 33.7. The highest BCUT2D eigenvalue weighted by Crippen LogP contribution is 2.47. The van der Waals surface area contributed by atoms with Gasteiger partial charge in [0.1, 0.15) is 41.5 Å². The van der Waals surface area contributed by atoms with E-state index in [1.165, 1.54) is 18.2 Å². The molecule has 4 aliphatic heterocycles. The molecule has 3 aromatic carbocycles. The number of ether oxygens (including phenoxy) is 2. The van der Waals surface area contributed by atoms with Crippen molar-refractivity contribution in [2.24, 2.45) is 0 Å². The van der Waals surface area contributed by atoms with Gasteiger partial charge in [0.2, 0.25) is 17.7 Å². The number of aromatic nitrogens is 2. The molecular weight excluding hydrogens is 899 g/mol. The SMILES string of the molecule is CNc1ccc(C=O)cc1.CNc1cncc(Nc2cc3c(cn2)-c2ccc(N4CCCC4=O)cc2OC3(C)C)c1.O=CCCCNC(=O)COc1cccc2c1C(=O)N(C1CCC(=O)NC1=O)C2=O. The van der Waals surface area contributed by atoms with Crippen molar-refractivity contribution in [3.63, 3.8) is 0 Å². The van der Waals surface area contributed by atoms with Crippen LogP contribution >= 0.6 is 0 Å². The molecule has 6 heterocycles. The van der Waals surface area contributed by atoms with Crippen molar-refractivity contribution in [3.05, 3.63) is 114 Å². The first kappa shape index (κ1) is 49.4. The largest absolute Gasteiger partial charge is 0.483 e. The number of piperidine rings is 1. The maximum Gasteiger partial charge on any atom is 0.266 e. The number of nitrogens with zero attached hydrogens (tertiary/aromatic N) is 4. The molecule has 0 spiro atoms. The fraction of sp³-hybridized carbons (Fsp3) is 0.294. The molecule has 0 saturated carbocycles. The molecule has 362 valence electrons. The monoisotopic (exact) mass is 951 g/mol. The van der Waals surface area contributed by atoms with Gasteiger partial charge in [0.25, 0.3) is 17.7 Å². The first-order valence-electron chi connectivity index (χ1n) is 22.7. The van der Waals surface area contributed by atoms with Crippen molar-refractivity contribution in [2.75, 3.05) is 54.6 Å². The van der Waals surface area contributed by atoms with E-state index in [0.717, 1.165) is 81.4 Å². The number of rotatable bonds is 14. The Balaban J connectivity index is 0.000000173. The maximum absolute atomic E-state index is 12.9. The average Bonchev–Trinajstić information content (AvgIpc) is 3.91. The number of benzene rings is 3. The predicted octanol–water partition coefficient (Wildman–Crippen LogP) is 5.79. The molecule has 2 fully saturated rings. The second kappa shape index (κ2) is 22.1. The number of hydrogen-bond donors (Lipinski definition) is 5. The minimum absolute atomic E-state index is 0.0176. The standard InChI is InChI=1S/C24H25N5O2.C19H19N3O7.C8H9NO/c1-24(2)20-11-22(28-16-9-15(25-3)12-26-13-16)27-14-19(20)18-7-6-17(10-21(18)31-24)29-8-4-5-23(29)30;23-9-2-1-8-20-15(25)10-29-13-5-3-4-11-16(13)19(28)22(18(11)27)12-6-7-14(24)21-17(12)26;1-9-8-4-2-7(6-10)3-5-8/h6-7,9-14,25H,4-5,8H2,1-3H3,(H,27,28);3-5,9,12H,1-2,6-8,10H2,(H,20,25)(H,21,24,26);2-6,9H,1H3. The number of fused-ring (bicyclic) bond motifs is 4. The zero-order chi connectivity index (χ0) is 50.0. The van der Waals surface area contributed by atoms with Gasteiger partial charge in [-0.1, -0.05) is 6.07 Å². The van der Waals surface area contributed by atoms with Crippen LogP contribution in [0.1, 0.15) is 89.0 Å². The van der Waals surface area contributed by atoms with Gasteiger partial charge in [0.15, 0.2) is 6.61 Å². The lowest BCUT2D eigenvalue weighted by molar-refractivity contribution is -0.136. The quantitative estimate of drug-likeness (QED) is 0.0503. The molecule has 4 aliphatic rings. The molecular formula is C51H53N9O10. The van der Waals surface area contributed by atoms with Gasteiger partial charge in [0.05, 0.1) is 34.9 Å². The van der Waals surface area contributed by atoms with Gasteiger partial charge in [0, 0.05) is 92.3 Å². The number of aldehydes is 2. The van der Waals surface area contributed by atoms with E-state index in [2.05, 4.69) is 50.4 Å². The third-order valence-electron chi connectivity index (χ3n) is 11.8. The van der Waals surface area contributed by atoms with Crippen LogP contribution in [0.5, 0.6) is 11.5 Å². The molecule has 2 saturated heterocycles. The summed E-state index contributed by atoms with van der Waals surface area (Å²) in [6, 6.07) is 20.6. The van der Waals surface area contributed by atoms with Crippen molar-refractivity contribution < 1.29 is 47.8 Å². The summed E-state index contributed by atoms with van der Waals surface area (Å²) < 4.78 is 11.8. The second-order valence-electron chi connectivity index (χ2n) is 17.0. The molecule has 1 atom stereocenters. The van der Waals surface area contributed by atoms with Crippen molar-refractivity contribution in [1.29, 1.82) is 0 Å². The third kappa shape index (κ3) is 11.3. The van der Waals surface area contributed by atoms with E-state index in [0.29, 0.717) is 31.4 Å². The molecule has 0 bridgehead atoms. The lowest BCUT2D eigenvalue weighted by Gasteiger charge is -2.35. The van der Waals surface area contributed by atoms with Crippen molar-refractivity contribution in [3.8, 4) is 22.6 Å². The Morgan fingerprint density at radius 3 is 2.34 bits per heavy atom. The number of imide groups is 2. The van der Waals surface area contributed by atoms with Crippen molar-refractivity contribution >= 4 is 76.6 Å². The Bertz CT molecular complexity index is 2830. The summed E-state index contributed by atoms with van der Waals surface area (Å²) in [7, 11) is 3.70. The third-order valence-corrected chi connectivity index (χ3v) is 11.8. The zero-order valence-electron chi connectivity index (χ0n) is 39.1. The topological polar surface area (TPSA) is 247 Å². The van der Waals surface area contributed by atoms with E-state index < -0.39 is 41.2 Å². The molecule has 0 radical (unpaired) electrons. The number of amides is 6. The first-order valence-corrected chi connectivity index (χ1v) is 22.7. The van der Waals surface area contributed by atoms with Gasteiger partial charge < -0.3 is 40.4 Å². The van der Waals surface area contributed by atoms with Crippen molar-refractivity contribution in [1.82, 2.24) is 25.5 Å². The van der Waals surface area contributed by atoms with E-state index in [-0.39, 0.29) is 42.2 Å². The number of unbranched alkanes of at least 4 members (excludes halogenated alkanes) is 1. The lowest BCUT2D eigenvalue weighted by atomic mass is 9.87. The Kier molecular flexibility index (Phi) is 15.6. The fourth-order valence-corrected chi connectivity index (χ4v) is 8.21. The van der Waals surface area contributed by atoms with E-state index in [1.807, 2.05) is 67.7 Å². The molecule has 6 amide bonds. The van der Waals surface area contributed by atoms with E-state index in [1.54, 1.807) is 24.5 Å². The maximum atomic E-state index is 12.9. The summed E-state index contributed by atoms with van der Waals surface area (Å²) in [5.41, 5.74) is 7.00. The van der Waals surface area contributed by atoms with Crippen LogP contribution in [0.15, 0.2) is 91.4 Å². The van der Waals surface area contributed by atoms with Gasteiger partial charge in [-0.15, -0.1) is 0 Å². The smallest absolute Gasteiger partial charge is 0.266 e. The van der Waals surface area contributed by atoms with Crippen LogP contribution in [0.2, 0.25) is 0 Å². The molecule has 5 N–H and O–H groups in total. The number of carbonyl (C=O) groups excluding carboxylic acids is 8. The number of nitrogens with one attached hydrogen (secondary N) is 5. The molecule has 70 heavy (non-hydrogen) atoms. The van der Waals surface area contributed by atoms with Gasteiger partial charge >= 0.3 is 0 Å².